The van der Waals surface area contributed by atoms with Crippen molar-refractivity contribution in [3.63, 3.8) is 0 Å². The molecule has 6 atom stereocenters. The molecule has 4 aromatic rings. The summed E-state index contributed by atoms with van der Waals surface area (Å²) in [6, 6.07) is 6.11. The van der Waals surface area contributed by atoms with Gasteiger partial charge in [0.25, 0.3) is 0 Å². The lowest BCUT2D eigenvalue weighted by molar-refractivity contribution is -0.135. The van der Waals surface area contributed by atoms with Crippen molar-refractivity contribution in [1.82, 2.24) is 46.9 Å². The van der Waals surface area contributed by atoms with Crippen molar-refractivity contribution in [1.29, 1.82) is 0 Å². The number of aliphatic hydroxyl groups is 1. The topological polar surface area (TPSA) is 277 Å². The summed E-state index contributed by atoms with van der Waals surface area (Å²) < 4.78 is 0. The molecule has 59 heavy (non-hydrogen) atoms. The lowest BCUT2D eigenvalue weighted by Crippen LogP contribution is -2.60. The summed E-state index contributed by atoms with van der Waals surface area (Å²) >= 11 is 0. The fraction of sp³-hybridized carbons (Fsp3) is 0.415. The molecule has 18 heteroatoms. The van der Waals surface area contributed by atoms with Crippen molar-refractivity contribution in [2.75, 3.05) is 6.61 Å². The summed E-state index contributed by atoms with van der Waals surface area (Å²) in [6.07, 6.45) is 5.11. The van der Waals surface area contributed by atoms with Crippen LogP contribution in [0.1, 0.15) is 56.9 Å². The average molecular weight is 814 g/mol. The number of carbonyl (C=O) groups excluding carboxylic acids is 7. The molecule has 6 amide bonds. The minimum Gasteiger partial charge on any atom is -0.508 e. The SMILES string of the molecule is CC(=O)C(CC(C)C)NC(=O)C(Cc1ccc(O)cc1)NC(=O)C(CO)NC(=O)C(Cc1c[nH]c2ccccc12)NC(=O)C(Cc1cnc[nH]1)NC(=O)C1CCC(=O)N1. The number of phenols is 1. The Labute approximate surface area is 340 Å². The zero-order valence-electron chi connectivity index (χ0n) is 33.0. The molecule has 0 aliphatic carbocycles. The Morgan fingerprint density at radius 3 is 1.98 bits per heavy atom. The Balaban J connectivity index is 1.37. The van der Waals surface area contributed by atoms with Crippen molar-refractivity contribution in [2.24, 2.45) is 5.92 Å². The number of fused-ring (bicyclic) bond motifs is 1. The Hall–Kier alpha value is -6.56. The smallest absolute Gasteiger partial charge is 0.245 e. The molecule has 1 saturated heterocycles. The first-order valence-corrected chi connectivity index (χ1v) is 19.4. The van der Waals surface area contributed by atoms with E-state index in [2.05, 4.69) is 46.9 Å². The third kappa shape index (κ3) is 12.2. The minimum atomic E-state index is -1.61. The van der Waals surface area contributed by atoms with Gasteiger partial charge in [-0.1, -0.05) is 44.2 Å². The Morgan fingerprint density at radius 1 is 0.780 bits per heavy atom. The predicted molar refractivity (Wildman–Crippen MR) is 214 cm³/mol. The largest absolute Gasteiger partial charge is 0.508 e. The minimum absolute atomic E-state index is 0.0120. The van der Waals surface area contributed by atoms with Crippen molar-refractivity contribution in [3.8, 4) is 5.75 Å². The molecule has 2 aromatic carbocycles. The van der Waals surface area contributed by atoms with E-state index in [-0.39, 0.29) is 55.5 Å². The second-order valence-corrected chi connectivity index (χ2v) is 15.1. The van der Waals surface area contributed by atoms with E-state index >= 15 is 0 Å². The van der Waals surface area contributed by atoms with Crippen LogP contribution in [0.3, 0.4) is 0 Å². The second kappa shape index (κ2) is 20.2. The van der Waals surface area contributed by atoms with Crippen LogP contribution in [0, 0.1) is 5.92 Å². The number of aromatic hydroxyl groups is 1. The maximum Gasteiger partial charge on any atom is 0.245 e. The molecule has 0 spiro atoms. The van der Waals surface area contributed by atoms with Gasteiger partial charge in [0, 0.05) is 54.7 Å². The molecule has 0 radical (unpaired) electrons. The fourth-order valence-corrected chi connectivity index (χ4v) is 6.80. The van der Waals surface area contributed by atoms with E-state index in [4.69, 9.17) is 0 Å². The number of nitrogens with zero attached hydrogens (tertiary/aromatic N) is 1. The van der Waals surface area contributed by atoms with Gasteiger partial charge in [-0.3, -0.25) is 33.6 Å². The molecule has 0 saturated carbocycles. The van der Waals surface area contributed by atoms with Gasteiger partial charge in [0.15, 0.2) is 5.78 Å². The van der Waals surface area contributed by atoms with Gasteiger partial charge in [-0.15, -0.1) is 0 Å². The van der Waals surface area contributed by atoms with Gasteiger partial charge < -0.3 is 52.1 Å². The number of para-hydroxylation sites is 1. The molecule has 0 bridgehead atoms. The summed E-state index contributed by atoms with van der Waals surface area (Å²) in [7, 11) is 0. The highest BCUT2D eigenvalue weighted by atomic mass is 16.3. The molecule has 6 unspecified atom stereocenters. The number of aromatic nitrogens is 3. The van der Waals surface area contributed by atoms with E-state index in [0.717, 1.165) is 10.9 Å². The number of aliphatic hydroxyl groups excluding tert-OH is 1. The zero-order chi connectivity index (χ0) is 42.6. The molecular weight excluding hydrogens is 763 g/mol. The summed E-state index contributed by atoms with van der Waals surface area (Å²) in [4.78, 5) is 103. The number of aromatic amines is 2. The van der Waals surface area contributed by atoms with Crippen LogP contribution >= 0.6 is 0 Å². The van der Waals surface area contributed by atoms with E-state index in [1.807, 2.05) is 38.1 Å². The maximum atomic E-state index is 14.2. The number of benzene rings is 2. The number of ketones is 1. The molecule has 1 fully saturated rings. The summed E-state index contributed by atoms with van der Waals surface area (Å²) in [5, 5.41) is 36.8. The van der Waals surface area contributed by atoms with Crippen molar-refractivity contribution in [3.05, 3.63) is 84.1 Å². The first-order valence-electron chi connectivity index (χ1n) is 19.4. The number of hydrogen-bond acceptors (Lipinski definition) is 10. The number of carbonyl (C=O) groups is 7. The van der Waals surface area contributed by atoms with Gasteiger partial charge in [-0.05, 0) is 55.0 Å². The van der Waals surface area contributed by atoms with E-state index in [9.17, 15) is 43.8 Å². The van der Waals surface area contributed by atoms with Crippen LogP contribution in [-0.4, -0.2) is 109 Å². The van der Waals surface area contributed by atoms with Crippen LogP contribution in [0.25, 0.3) is 10.9 Å². The van der Waals surface area contributed by atoms with Crippen molar-refractivity contribution < 1.29 is 43.8 Å². The maximum absolute atomic E-state index is 14.2. The summed E-state index contributed by atoms with van der Waals surface area (Å²) in [6.45, 7) is 4.25. The van der Waals surface area contributed by atoms with Crippen molar-refractivity contribution >= 4 is 52.1 Å². The van der Waals surface area contributed by atoms with Crippen LogP contribution in [0.5, 0.6) is 5.75 Å². The Kier molecular flexibility index (Phi) is 14.9. The summed E-state index contributed by atoms with van der Waals surface area (Å²) in [5.41, 5.74) is 2.47. The van der Waals surface area contributed by atoms with Gasteiger partial charge in [-0.25, -0.2) is 4.98 Å². The lowest BCUT2D eigenvalue weighted by Gasteiger charge is -2.27. The molecule has 5 rings (SSSR count). The first kappa shape index (κ1) is 43.6. The monoisotopic (exact) mass is 813 g/mol. The van der Waals surface area contributed by atoms with Crippen LogP contribution in [0.2, 0.25) is 0 Å². The predicted octanol–water partition coefficient (Wildman–Crippen LogP) is -0.0455. The molecule has 314 valence electrons. The van der Waals surface area contributed by atoms with E-state index < -0.39 is 72.4 Å². The van der Waals surface area contributed by atoms with E-state index in [1.165, 1.54) is 31.6 Å². The number of rotatable bonds is 20. The third-order valence-electron chi connectivity index (χ3n) is 9.99. The third-order valence-corrected chi connectivity index (χ3v) is 9.99. The molecular formula is C41H51N9O9. The van der Waals surface area contributed by atoms with Crippen LogP contribution in [-0.2, 0) is 52.8 Å². The van der Waals surface area contributed by atoms with Gasteiger partial charge >= 0.3 is 0 Å². The lowest BCUT2D eigenvalue weighted by atomic mass is 9.99. The van der Waals surface area contributed by atoms with Crippen molar-refractivity contribution in [2.45, 2.75) is 95.5 Å². The molecule has 1 aliphatic heterocycles. The number of amides is 6. The Bertz CT molecular complexity index is 2120. The molecule has 3 heterocycles. The quantitative estimate of drug-likeness (QED) is 0.0569. The average Bonchev–Trinajstić information content (AvgIpc) is 3.98. The zero-order valence-corrected chi connectivity index (χ0v) is 33.0. The van der Waals surface area contributed by atoms with E-state index in [1.54, 1.807) is 18.3 Å². The number of hydrogen-bond donors (Lipinski definition) is 10. The molecule has 18 nitrogen and oxygen atoms in total. The molecule has 1 aliphatic rings. The highest BCUT2D eigenvalue weighted by Crippen LogP contribution is 2.20. The standard InChI is InChI=1S/C41H51N9O9/c1-22(2)14-31(23(3)52)46-38(56)32(15-24-8-10-27(53)11-9-24)47-41(59)35(20-51)50-39(57)33(16-25-18-43-29-7-5-4-6-28(25)29)48-40(58)34(17-26-19-42-21-44-26)49-37(55)30-12-13-36(54)45-30/h4-11,18-19,21-22,30-35,43,51,53H,12-17,20H2,1-3H3,(H,42,44)(H,45,54)(H,46,56)(H,47,59)(H,48,58)(H,49,55)(H,50,57). The molecule has 2 aromatic heterocycles. The summed E-state index contributed by atoms with van der Waals surface area (Å²) in [5.74, 6) is -4.33. The Morgan fingerprint density at radius 2 is 1.39 bits per heavy atom. The fourth-order valence-electron chi connectivity index (χ4n) is 6.80. The second-order valence-electron chi connectivity index (χ2n) is 15.1. The number of nitrogens with one attached hydrogen (secondary N) is 8. The number of Topliss-reactive ketones (excluding diaryl/α,β-unsaturated/α-hetero) is 1. The van der Waals surface area contributed by atoms with Gasteiger partial charge in [0.05, 0.1) is 19.0 Å². The first-order chi connectivity index (χ1) is 28.2. The number of imidazole rings is 1. The molecule has 10 N–H and O–H groups in total. The van der Waals surface area contributed by atoms with Gasteiger partial charge in [0.1, 0.15) is 36.0 Å². The van der Waals surface area contributed by atoms with Crippen LogP contribution in [0.15, 0.2) is 67.3 Å². The highest BCUT2D eigenvalue weighted by molar-refractivity contribution is 5.98. The van der Waals surface area contributed by atoms with Crippen LogP contribution < -0.4 is 31.9 Å². The van der Waals surface area contributed by atoms with Crippen LogP contribution in [0.4, 0.5) is 0 Å². The highest BCUT2D eigenvalue weighted by Gasteiger charge is 2.35. The van der Waals surface area contributed by atoms with E-state index in [0.29, 0.717) is 23.2 Å². The van der Waals surface area contributed by atoms with Gasteiger partial charge in [0.2, 0.25) is 35.4 Å². The number of H-pyrrole nitrogens is 2. The number of phenolic OH excluding ortho intramolecular Hbond substituents is 1. The normalized spacial score (nSPS) is 16.3. The van der Waals surface area contributed by atoms with Gasteiger partial charge in [-0.2, -0.15) is 0 Å².